The molecule has 0 bridgehead atoms. The Hall–Kier alpha value is -2.33. The van der Waals surface area contributed by atoms with Crippen molar-refractivity contribution >= 4 is 29.1 Å². The third kappa shape index (κ3) is 3.08. The monoisotopic (exact) mass is 323 g/mol. The number of Topliss-reactive ketones (excluding diaryl/α,β-unsaturated/α-hetero) is 1. The zero-order chi connectivity index (χ0) is 16.4. The molecule has 116 valence electrons. The first kappa shape index (κ1) is 15.6. The molecule has 2 aromatic rings. The molecule has 0 N–H and O–H groups in total. The molecule has 0 atom stereocenters. The molecular formula is C19H17NO2S. The lowest BCUT2D eigenvalue weighted by Gasteiger charge is -2.19. The first-order valence-corrected chi connectivity index (χ1v) is 8.34. The first-order chi connectivity index (χ1) is 11.1. The summed E-state index contributed by atoms with van der Waals surface area (Å²) < 4.78 is 0. The van der Waals surface area contributed by atoms with Crippen LogP contribution in [0.4, 0.5) is 5.69 Å². The topological polar surface area (TPSA) is 37.4 Å². The quantitative estimate of drug-likeness (QED) is 0.777. The zero-order valence-electron chi connectivity index (χ0n) is 13.1. The third-order valence-corrected chi connectivity index (χ3v) is 4.76. The average Bonchev–Trinajstić information content (AvgIpc) is 2.88. The molecule has 0 aromatic heterocycles. The molecule has 0 unspecified atom stereocenters. The van der Waals surface area contributed by atoms with Crippen LogP contribution in [0.2, 0.25) is 0 Å². The molecule has 0 saturated heterocycles. The van der Waals surface area contributed by atoms with E-state index in [0.717, 1.165) is 16.1 Å². The van der Waals surface area contributed by atoms with Gasteiger partial charge in [0.05, 0.1) is 4.91 Å². The molecule has 0 fully saturated rings. The molecule has 1 aliphatic rings. The van der Waals surface area contributed by atoms with Crippen LogP contribution in [0.15, 0.2) is 64.5 Å². The summed E-state index contributed by atoms with van der Waals surface area (Å²) in [6.45, 7) is 3.80. The second-order valence-corrected chi connectivity index (χ2v) is 6.46. The summed E-state index contributed by atoms with van der Waals surface area (Å²) in [4.78, 5) is 28.0. The number of benzene rings is 2. The Balaban J connectivity index is 2.00. The van der Waals surface area contributed by atoms with Crippen LogP contribution in [0.3, 0.4) is 0 Å². The van der Waals surface area contributed by atoms with Gasteiger partial charge < -0.3 is 0 Å². The van der Waals surface area contributed by atoms with Gasteiger partial charge in [-0.05, 0) is 36.8 Å². The number of hydrogen-bond acceptors (Lipinski definition) is 3. The number of hydrogen-bond donors (Lipinski definition) is 0. The highest BCUT2D eigenvalue weighted by atomic mass is 32.2. The number of amides is 1. The number of ketones is 1. The lowest BCUT2D eigenvalue weighted by molar-refractivity contribution is -0.117. The van der Waals surface area contributed by atoms with E-state index in [1.807, 2.05) is 62.4 Å². The van der Waals surface area contributed by atoms with Crippen molar-refractivity contribution in [2.45, 2.75) is 25.2 Å². The summed E-state index contributed by atoms with van der Waals surface area (Å²) in [5.41, 5.74) is 2.56. The Morgan fingerprint density at radius 2 is 1.96 bits per heavy atom. The molecule has 23 heavy (non-hydrogen) atoms. The summed E-state index contributed by atoms with van der Waals surface area (Å²) in [5, 5.41) is 0. The number of rotatable bonds is 3. The maximum atomic E-state index is 12.5. The van der Waals surface area contributed by atoms with Gasteiger partial charge in [-0.2, -0.15) is 0 Å². The number of allylic oxidation sites excluding steroid dienone is 1. The van der Waals surface area contributed by atoms with Gasteiger partial charge in [0.15, 0.2) is 0 Å². The minimum Gasteiger partial charge on any atom is -0.288 e. The minimum absolute atomic E-state index is 0.0212. The SMILES string of the molecule is CCC(=O)N(/C=C1\Sc2ccccc2C1=O)c1cccc(C)c1. The second kappa shape index (κ2) is 6.42. The van der Waals surface area contributed by atoms with Crippen molar-refractivity contribution in [3.8, 4) is 0 Å². The fourth-order valence-corrected chi connectivity index (χ4v) is 3.50. The van der Waals surface area contributed by atoms with Gasteiger partial charge in [-0.15, -0.1) is 0 Å². The van der Waals surface area contributed by atoms with E-state index in [1.54, 1.807) is 11.1 Å². The van der Waals surface area contributed by atoms with E-state index in [9.17, 15) is 9.59 Å². The van der Waals surface area contributed by atoms with Crippen LogP contribution in [0.1, 0.15) is 29.3 Å². The average molecular weight is 323 g/mol. The molecule has 0 radical (unpaired) electrons. The Morgan fingerprint density at radius 3 is 2.65 bits per heavy atom. The lowest BCUT2D eigenvalue weighted by Crippen LogP contribution is -2.25. The number of carbonyl (C=O) groups is 2. The first-order valence-electron chi connectivity index (χ1n) is 7.52. The van der Waals surface area contributed by atoms with Gasteiger partial charge in [0.2, 0.25) is 11.7 Å². The molecule has 4 heteroatoms. The largest absolute Gasteiger partial charge is 0.288 e. The van der Waals surface area contributed by atoms with Crippen LogP contribution >= 0.6 is 11.8 Å². The van der Waals surface area contributed by atoms with Crippen LogP contribution in [0.5, 0.6) is 0 Å². The fourth-order valence-electron chi connectivity index (χ4n) is 2.48. The highest BCUT2D eigenvalue weighted by Crippen LogP contribution is 2.40. The number of thioether (sulfide) groups is 1. The van der Waals surface area contributed by atoms with Crippen molar-refractivity contribution in [3.63, 3.8) is 0 Å². The summed E-state index contributed by atoms with van der Waals surface area (Å²) in [6.07, 6.45) is 2.05. The maximum Gasteiger partial charge on any atom is 0.230 e. The molecule has 0 saturated carbocycles. The number of carbonyl (C=O) groups excluding carboxylic acids is 2. The highest BCUT2D eigenvalue weighted by Gasteiger charge is 2.27. The standard InChI is InChI=1S/C19H17NO2S/c1-3-18(21)20(14-8-6-7-13(2)11-14)12-17-19(22)15-9-4-5-10-16(15)23-17/h4-12H,3H2,1-2H3/b17-12-. The van der Waals surface area contributed by atoms with Gasteiger partial charge in [-0.3, -0.25) is 14.5 Å². The number of nitrogens with zero attached hydrogens (tertiary/aromatic N) is 1. The predicted molar refractivity (Wildman–Crippen MR) is 93.7 cm³/mol. The molecule has 1 amide bonds. The molecule has 3 nitrogen and oxygen atoms in total. The highest BCUT2D eigenvalue weighted by molar-refractivity contribution is 8.04. The molecule has 1 heterocycles. The van der Waals surface area contributed by atoms with E-state index in [1.165, 1.54) is 11.8 Å². The van der Waals surface area contributed by atoms with Crippen molar-refractivity contribution < 1.29 is 9.59 Å². The Kier molecular flexibility index (Phi) is 4.35. The lowest BCUT2D eigenvalue weighted by atomic mass is 10.1. The second-order valence-electron chi connectivity index (χ2n) is 5.38. The molecule has 3 rings (SSSR count). The van der Waals surface area contributed by atoms with Crippen LogP contribution < -0.4 is 4.90 Å². The van der Waals surface area contributed by atoms with Crippen molar-refractivity contribution in [1.29, 1.82) is 0 Å². The summed E-state index contributed by atoms with van der Waals surface area (Å²) in [6, 6.07) is 15.2. The smallest absolute Gasteiger partial charge is 0.230 e. The molecule has 0 aliphatic carbocycles. The van der Waals surface area contributed by atoms with Crippen LogP contribution in [0, 0.1) is 6.92 Å². The molecule has 1 aliphatic heterocycles. The van der Waals surface area contributed by atoms with Gasteiger partial charge in [-0.25, -0.2) is 0 Å². The zero-order valence-corrected chi connectivity index (χ0v) is 13.9. The number of anilines is 1. The van der Waals surface area contributed by atoms with Crippen molar-refractivity contribution in [2.24, 2.45) is 0 Å². The van der Waals surface area contributed by atoms with Crippen molar-refractivity contribution in [1.82, 2.24) is 0 Å². The van der Waals surface area contributed by atoms with Crippen molar-refractivity contribution in [2.75, 3.05) is 4.90 Å². The van der Waals surface area contributed by atoms with Gasteiger partial charge in [0.25, 0.3) is 0 Å². The molecule has 2 aromatic carbocycles. The summed E-state index contributed by atoms with van der Waals surface area (Å²) in [7, 11) is 0. The van der Waals surface area contributed by atoms with E-state index in [2.05, 4.69) is 0 Å². The normalized spacial score (nSPS) is 14.9. The molecule has 0 spiro atoms. The van der Waals surface area contributed by atoms with Crippen LogP contribution in [-0.2, 0) is 4.79 Å². The Labute approximate surface area is 140 Å². The van der Waals surface area contributed by atoms with E-state index in [-0.39, 0.29) is 11.7 Å². The van der Waals surface area contributed by atoms with Crippen LogP contribution in [0.25, 0.3) is 0 Å². The number of aryl methyl sites for hydroxylation is 1. The van der Waals surface area contributed by atoms with Gasteiger partial charge in [0.1, 0.15) is 0 Å². The van der Waals surface area contributed by atoms with E-state index in [4.69, 9.17) is 0 Å². The van der Waals surface area contributed by atoms with E-state index in [0.29, 0.717) is 16.9 Å². The molecular weight excluding hydrogens is 306 g/mol. The van der Waals surface area contributed by atoms with Gasteiger partial charge in [-0.1, -0.05) is 43.0 Å². The van der Waals surface area contributed by atoms with E-state index < -0.39 is 0 Å². The summed E-state index contributed by atoms with van der Waals surface area (Å²) >= 11 is 1.42. The Bertz CT molecular complexity index is 811. The van der Waals surface area contributed by atoms with Crippen LogP contribution in [-0.4, -0.2) is 11.7 Å². The minimum atomic E-state index is -0.0348. The number of fused-ring (bicyclic) bond motifs is 1. The van der Waals surface area contributed by atoms with Gasteiger partial charge >= 0.3 is 0 Å². The maximum absolute atomic E-state index is 12.5. The predicted octanol–water partition coefficient (Wildman–Crippen LogP) is 4.57. The fraction of sp³-hybridized carbons (Fsp3) is 0.158. The summed E-state index contributed by atoms with van der Waals surface area (Å²) in [5.74, 6) is -0.0559. The third-order valence-electron chi connectivity index (χ3n) is 3.67. The Morgan fingerprint density at radius 1 is 1.17 bits per heavy atom. The van der Waals surface area contributed by atoms with Crippen molar-refractivity contribution in [3.05, 3.63) is 70.8 Å². The van der Waals surface area contributed by atoms with E-state index >= 15 is 0 Å². The van der Waals surface area contributed by atoms with Gasteiger partial charge in [0, 0.05) is 28.8 Å².